The highest BCUT2D eigenvalue weighted by Gasteiger charge is 2.41. The fourth-order valence-electron chi connectivity index (χ4n) is 6.55. The van der Waals surface area contributed by atoms with Gasteiger partial charge in [-0.05, 0) is 54.4 Å². The number of amides is 3. The van der Waals surface area contributed by atoms with Gasteiger partial charge in [-0.3, -0.25) is 4.79 Å². The molecule has 5 rings (SSSR count). The van der Waals surface area contributed by atoms with E-state index in [-0.39, 0.29) is 42.3 Å². The van der Waals surface area contributed by atoms with Crippen LogP contribution in [-0.4, -0.2) is 107 Å². The maximum Gasteiger partial charge on any atom is 0.321 e. The SMILES string of the molecule is COCc1nc(CN2CCN(C(C(=O)N[C@@H](Cc3ccccc3)[C@H](O)CN(CC3CCC3)S(=O)(=O)c3ccc(/C=N/O)cc3)C(C)C)C2=O)cs1. The Labute approximate surface area is 304 Å². The highest BCUT2D eigenvalue weighted by Crippen LogP contribution is 2.30. The van der Waals surface area contributed by atoms with Crippen molar-refractivity contribution in [2.45, 2.75) is 75.8 Å². The van der Waals surface area contributed by atoms with Crippen LogP contribution in [0.1, 0.15) is 54.9 Å². The van der Waals surface area contributed by atoms with Crippen molar-refractivity contribution < 1.29 is 33.1 Å². The largest absolute Gasteiger partial charge is 0.411 e. The van der Waals surface area contributed by atoms with Crippen LogP contribution >= 0.6 is 11.3 Å². The Hall–Kier alpha value is -3.89. The number of urea groups is 1. The fraction of sp³-hybridized carbons (Fsp3) is 0.500. The van der Waals surface area contributed by atoms with Crippen LogP contribution in [0.15, 0.2) is 70.0 Å². The average molecular weight is 741 g/mol. The van der Waals surface area contributed by atoms with Gasteiger partial charge in [0.15, 0.2) is 0 Å². The first-order chi connectivity index (χ1) is 24.5. The van der Waals surface area contributed by atoms with Crippen LogP contribution in [-0.2, 0) is 39.1 Å². The minimum atomic E-state index is -4.03. The van der Waals surface area contributed by atoms with E-state index in [0.29, 0.717) is 31.8 Å². The standard InChI is InChI=1S/C36H48N6O7S2/c1-25(2)34(42-17-16-40(36(42)45)21-29-24-50-33(38-29)23-49-3)35(44)39-31(18-26-8-5-4-6-9-26)32(43)22-41(20-28-10-7-11-28)51(47,48)30-14-12-27(13-15-30)19-37-46/h4-6,8-9,12-15,19,24-25,28,31-32,34,43,46H,7,10-11,16-18,20-23H2,1-3H3,(H,39,44)/b37-19+/t31-,32+,34?/m0/s1. The van der Waals surface area contributed by atoms with Gasteiger partial charge in [-0.25, -0.2) is 18.2 Å². The molecule has 2 aliphatic rings. The molecule has 3 amide bonds. The number of aliphatic hydroxyl groups excluding tert-OH is 1. The van der Waals surface area contributed by atoms with Gasteiger partial charge in [0.05, 0.1) is 42.1 Å². The van der Waals surface area contributed by atoms with Gasteiger partial charge in [0.25, 0.3) is 0 Å². The summed E-state index contributed by atoms with van der Waals surface area (Å²) < 4.78 is 34.5. The van der Waals surface area contributed by atoms with E-state index in [2.05, 4.69) is 15.5 Å². The lowest BCUT2D eigenvalue weighted by atomic mass is 9.85. The minimum absolute atomic E-state index is 0.0531. The highest BCUT2D eigenvalue weighted by molar-refractivity contribution is 7.89. The Bertz CT molecular complexity index is 1730. The number of nitrogens with zero attached hydrogens (tertiary/aromatic N) is 5. The second-order valence-electron chi connectivity index (χ2n) is 13.6. The minimum Gasteiger partial charge on any atom is -0.411 e. The van der Waals surface area contributed by atoms with Crippen LogP contribution in [0, 0.1) is 11.8 Å². The van der Waals surface area contributed by atoms with E-state index in [1.807, 2.05) is 49.6 Å². The Morgan fingerprint density at radius 3 is 2.51 bits per heavy atom. The number of benzene rings is 2. The number of ether oxygens (including phenoxy) is 1. The maximum absolute atomic E-state index is 14.2. The summed E-state index contributed by atoms with van der Waals surface area (Å²) in [6.07, 6.45) is 3.00. The van der Waals surface area contributed by atoms with E-state index in [1.54, 1.807) is 29.0 Å². The molecule has 0 radical (unpaired) electrons. The fourth-order valence-corrected chi connectivity index (χ4v) is 8.84. The van der Waals surface area contributed by atoms with Gasteiger partial charge >= 0.3 is 6.03 Å². The van der Waals surface area contributed by atoms with Gasteiger partial charge in [0.1, 0.15) is 11.0 Å². The third-order valence-electron chi connectivity index (χ3n) is 9.48. The number of sulfonamides is 1. The van der Waals surface area contributed by atoms with Gasteiger partial charge in [-0.2, -0.15) is 4.31 Å². The van der Waals surface area contributed by atoms with Crippen molar-refractivity contribution in [2.24, 2.45) is 17.0 Å². The normalized spacial score (nSPS) is 17.3. The van der Waals surface area contributed by atoms with Crippen molar-refractivity contribution in [3.8, 4) is 0 Å². The number of oxime groups is 1. The van der Waals surface area contributed by atoms with Crippen molar-refractivity contribution in [3.05, 3.63) is 81.8 Å². The van der Waals surface area contributed by atoms with Gasteiger partial charge in [0.2, 0.25) is 15.9 Å². The second-order valence-corrected chi connectivity index (χ2v) is 16.4. The third kappa shape index (κ3) is 9.71. The molecule has 3 atom stereocenters. The predicted molar refractivity (Wildman–Crippen MR) is 194 cm³/mol. The summed E-state index contributed by atoms with van der Waals surface area (Å²) in [5.74, 6) is -0.490. The molecule has 2 heterocycles. The monoisotopic (exact) mass is 740 g/mol. The van der Waals surface area contributed by atoms with Gasteiger partial charge < -0.3 is 30.2 Å². The Balaban J connectivity index is 1.35. The molecule has 15 heteroatoms. The average Bonchev–Trinajstić information content (AvgIpc) is 3.68. The molecule has 276 valence electrons. The Morgan fingerprint density at radius 2 is 1.88 bits per heavy atom. The Morgan fingerprint density at radius 1 is 1.16 bits per heavy atom. The third-order valence-corrected chi connectivity index (χ3v) is 12.2. The molecule has 2 fully saturated rings. The summed E-state index contributed by atoms with van der Waals surface area (Å²) >= 11 is 1.47. The van der Waals surface area contributed by atoms with Crippen molar-refractivity contribution in [1.29, 1.82) is 0 Å². The zero-order valence-electron chi connectivity index (χ0n) is 29.3. The molecule has 3 N–H and O–H groups in total. The summed E-state index contributed by atoms with van der Waals surface area (Å²) in [4.78, 5) is 35.7. The summed E-state index contributed by atoms with van der Waals surface area (Å²) in [7, 11) is -2.43. The quantitative estimate of drug-likeness (QED) is 0.100. The zero-order valence-corrected chi connectivity index (χ0v) is 30.9. The van der Waals surface area contributed by atoms with E-state index in [9.17, 15) is 23.1 Å². The highest BCUT2D eigenvalue weighted by atomic mass is 32.2. The number of carbonyl (C=O) groups excluding carboxylic acids is 2. The number of methoxy groups -OCH3 is 1. The van der Waals surface area contributed by atoms with E-state index in [4.69, 9.17) is 9.94 Å². The summed E-state index contributed by atoms with van der Waals surface area (Å²) in [5.41, 5.74) is 2.15. The number of aromatic nitrogens is 1. The van der Waals surface area contributed by atoms with Gasteiger partial charge in [0, 0.05) is 38.7 Å². The smallest absolute Gasteiger partial charge is 0.321 e. The molecule has 2 aromatic carbocycles. The molecule has 3 aromatic rings. The lowest BCUT2D eigenvalue weighted by Crippen LogP contribution is -2.57. The van der Waals surface area contributed by atoms with Crippen LogP contribution in [0.4, 0.5) is 4.79 Å². The number of nitrogens with one attached hydrogen (secondary N) is 1. The Kier molecular flexibility index (Phi) is 13.2. The van der Waals surface area contributed by atoms with Crippen molar-refractivity contribution in [2.75, 3.05) is 33.3 Å². The van der Waals surface area contributed by atoms with E-state index >= 15 is 0 Å². The number of thiazole rings is 1. The maximum atomic E-state index is 14.2. The van der Waals surface area contributed by atoms with Crippen LogP contribution in [0.5, 0.6) is 0 Å². The molecule has 1 aliphatic carbocycles. The zero-order chi connectivity index (χ0) is 36.5. The molecule has 51 heavy (non-hydrogen) atoms. The van der Waals surface area contributed by atoms with E-state index in [1.165, 1.54) is 34.0 Å². The molecule has 1 saturated carbocycles. The number of aliphatic hydroxyl groups is 1. The summed E-state index contributed by atoms with van der Waals surface area (Å²) in [6, 6.07) is 13.5. The van der Waals surface area contributed by atoms with Crippen molar-refractivity contribution >= 4 is 39.5 Å². The summed E-state index contributed by atoms with van der Waals surface area (Å²) in [5, 5.41) is 29.5. The first kappa shape index (κ1) is 38.3. The van der Waals surface area contributed by atoms with Crippen LogP contribution in [0.3, 0.4) is 0 Å². The molecular weight excluding hydrogens is 693 g/mol. The molecule has 1 unspecified atom stereocenters. The first-order valence-electron chi connectivity index (χ1n) is 17.3. The first-order valence-corrected chi connectivity index (χ1v) is 19.6. The molecule has 1 saturated heterocycles. The number of carbonyl (C=O) groups is 2. The lowest BCUT2D eigenvalue weighted by molar-refractivity contribution is -0.128. The number of hydrogen-bond donors (Lipinski definition) is 3. The topological polar surface area (TPSA) is 165 Å². The van der Waals surface area contributed by atoms with Crippen molar-refractivity contribution in [1.82, 2.24) is 24.4 Å². The van der Waals surface area contributed by atoms with Crippen LogP contribution in [0.2, 0.25) is 0 Å². The molecule has 1 aliphatic heterocycles. The van der Waals surface area contributed by atoms with E-state index in [0.717, 1.165) is 35.5 Å². The molecule has 0 spiro atoms. The van der Waals surface area contributed by atoms with Crippen molar-refractivity contribution in [3.63, 3.8) is 0 Å². The number of rotatable bonds is 18. The molecular formula is C36H48N6O7S2. The molecule has 1 aromatic heterocycles. The summed E-state index contributed by atoms with van der Waals surface area (Å²) in [6.45, 7) is 5.27. The van der Waals surface area contributed by atoms with Crippen LogP contribution in [0.25, 0.3) is 0 Å². The predicted octanol–water partition coefficient (Wildman–Crippen LogP) is 3.94. The second kappa shape index (κ2) is 17.6. The lowest BCUT2D eigenvalue weighted by Gasteiger charge is -2.36. The van der Waals surface area contributed by atoms with E-state index < -0.39 is 34.1 Å². The van der Waals surface area contributed by atoms with Gasteiger partial charge in [-0.1, -0.05) is 67.9 Å². The van der Waals surface area contributed by atoms with Gasteiger partial charge in [-0.15, -0.1) is 11.3 Å². The molecule has 13 nitrogen and oxygen atoms in total. The number of hydrogen-bond acceptors (Lipinski definition) is 10. The van der Waals surface area contributed by atoms with Crippen LogP contribution < -0.4 is 5.32 Å². The molecule has 0 bridgehead atoms.